The number of allylic oxidation sites excluding steroid dienone is 1. The Kier molecular flexibility index (Phi) is 13.8. The Bertz CT molecular complexity index is 1420. The van der Waals surface area contributed by atoms with Crippen molar-refractivity contribution in [3.8, 4) is 0 Å². The van der Waals surface area contributed by atoms with E-state index in [0.29, 0.717) is 46.9 Å². The van der Waals surface area contributed by atoms with Gasteiger partial charge in [0.1, 0.15) is 21.4 Å². The molecule has 0 unspecified atom stereocenters. The van der Waals surface area contributed by atoms with E-state index in [1.165, 1.54) is 0 Å². The summed E-state index contributed by atoms with van der Waals surface area (Å²) in [4.78, 5) is 55.5. The number of unbranched alkanes of at least 4 members (excludes halogenated alkanes) is 3. The van der Waals surface area contributed by atoms with Gasteiger partial charge < -0.3 is 24.6 Å². The second kappa shape index (κ2) is 16.4. The van der Waals surface area contributed by atoms with E-state index in [-0.39, 0.29) is 18.3 Å². The zero-order valence-corrected chi connectivity index (χ0v) is 30.8. The maximum Gasteiger partial charge on any atom is 0.425 e. The highest BCUT2D eigenvalue weighted by atomic mass is 79.9. The molecule has 0 radical (unpaired) electrons. The van der Waals surface area contributed by atoms with E-state index >= 15 is 0 Å². The first-order valence-corrected chi connectivity index (χ1v) is 16.6. The van der Waals surface area contributed by atoms with Crippen LogP contribution < -0.4 is 10.2 Å². The van der Waals surface area contributed by atoms with Gasteiger partial charge in [-0.05, 0) is 111 Å². The van der Waals surface area contributed by atoms with Crippen LogP contribution in [0.15, 0.2) is 16.9 Å². The number of hydrogen-bond donors (Lipinski definition) is 2. The standard InChI is InChI=1S/C33H50BrN5O8/c1-21(36-28(42)45-31(2,3)4)18-19-38-25-22(16-14-12-11-13-15-17-23(40)41)20-35-27(24(25)26(34)37-38)39(29(43)46-32(5,6)7)30(44)47-33(8,9)10/h14,16,20-21H,11-13,15,17-19H2,1-10H3,(H,36,42)(H,40,41)/b16-14+/t21-/m1/s1. The van der Waals surface area contributed by atoms with E-state index in [2.05, 4.69) is 31.3 Å². The Hall–Kier alpha value is -3.68. The van der Waals surface area contributed by atoms with Crippen molar-refractivity contribution < 1.29 is 38.5 Å². The largest absolute Gasteiger partial charge is 0.481 e. The van der Waals surface area contributed by atoms with Crippen LogP contribution in [0.5, 0.6) is 0 Å². The first-order valence-electron chi connectivity index (χ1n) is 15.8. The van der Waals surface area contributed by atoms with Crippen LogP contribution in [0, 0.1) is 0 Å². The number of hydrogen-bond acceptors (Lipinski definition) is 9. The molecule has 0 spiro atoms. The van der Waals surface area contributed by atoms with Gasteiger partial charge in [0.25, 0.3) is 0 Å². The molecule has 2 N–H and O–H groups in total. The molecule has 0 saturated carbocycles. The number of aryl methyl sites for hydroxylation is 1. The van der Waals surface area contributed by atoms with Crippen LogP contribution in [0.1, 0.15) is 113 Å². The van der Waals surface area contributed by atoms with Crippen LogP contribution in [-0.4, -0.2) is 67.0 Å². The van der Waals surface area contributed by atoms with Gasteiger partial charge >= 0.3 is 24.2 Å². The first kappa shape index (κ1) is 39.5. The molecule has 2 aromatic heterocycles. The van der Waals surface area contributed by atoms with Gasteiger partial charge in [0.2, 0.25) is 0 Å². The number of alkyl carbamates (subject to hydrolysis) is 1. The molecule has 1 atom stereocenters. The van der Waals surface area contributed by atoms with Crippen molar-refractivity contribution in [1.82, 2.24) is 20.1 Å². The zero-order chi connectivity index (χ0) is 35.7. The number of anilines is 1. The van der Waals surface area contributed by atoms with Crippen LogP contribution in [-0.2, 0) is 25.5 Å². The molecule has 47 heavy (non-hydrogen) atoms. The second-order valence-electron chi connectivity index (χ2n) is 14.3. The number of ether oxygens (including phenoxy) is 3. The lowest BCUT2D eigenvalue weighted by atomic mass is 10.1. The number of nitrogens with zero attached hydrogens (tertiary/aromatic N) is 4. The lowest BCUT2D eigenvalue weighted by molar-refractivity contribution is -0.137. The molecule has 0 aliphatic rings. The van der Waals surface area contributed by atoms with Gasteiger partial charge in [-0.15, -0.1) is 0 Å². The van der Waals surface area contributed by atoms with Crippen LogP contribution in [0.4, 0.5) is 20.2 Å². The van der Waals surface area contributed by atoms with Crippen LogP contribution in [0.2, 0.25) is 0 Å². The van der Waals surface area contributed by atoms with Gasteiger partial charge in [0.05, 0.1) is 10.9 Å². The lowest BCUT2D eigenvalue weighted by Crippen LogP contribution is -2.44. The van der Waals surface area contributed by atoms with Gasteiger partial charge in [-0.3, -0.25) is 9.48 Å². The van der Waals surface area contributed by atoms with Crippen LogP contribution >= 0.6 is 15.9 Å². The van der Waals surface area contributed by atoms with Crippen LogP contribution in [0.25, 0.3) is 17.0 Å². The summed E-state index contributed by atoms with van der Waals surface area (Å²) in [5.41, 5.74) is -1.20. The van der Waals surface area contributed by atoms with Gasteiger partial charge in [0, 0.05) is 30.8 Å². The Labute approximate surface area is 285 Å². The number of carboxylic acid groups (broad SMARTS) is 1. The Balaban J connectivity index is 2.58. The monoisotopic (exact) mass is 723 g/mol. The highest BCUT2D eigenvalue weighted by Crippen LogP contribution is 2.36. The van der Waals surface area contributed by atoms with Crippen molar-refractivity contribution in [2.45, 2.75) is 137 Å². The van der Waals surface area contributed by atoms with Crippen LogP contribution in [0.3, 0.4) is 0 Å². The summed E-state index contributed by atoms with van der Waals surface area (Å²) in [7, 11) is 0. The number of carboxylic acids is 1. The van der Waals surface area contributed by atoms with Crippen molar-refractivity contribution in [2.24, 2.45) is 0 Å². The Morgan fingerprint density at radius 2 is 1.53 bits per heavy atom. The lowest BCUT2D eigenvalue weighted by Gasteiger charge is -2.28. The summed E-state index contributed by atoms with van der Waals surface area (Å²) in [6.45, 7) is 17.7. The molecule has 0 aromatic carbocycles. The summed E-state index contributed by atoms with van der Waals surface area (Å²) < 4.78 is 18.6. The molecular weight excluding hydrogens is 674 g/mol. The molecule has 13 nitrogen and oxygen atoms in total. The van der Waals surface area contributed by atoms with Crippen molar-refractivity contribution in [2.75, 3.05) is 4.90 Å². The van der Waals surface area contributed by atoms with E-state index in [1.54, 1.807) is 73.2 Å². The average Bonchev–Trinajstić information content (AvgIpc) is 3.21. The Morgan fingerprint density at radius 3 is 2.06 bits per heavy atom. The average molecular weight is 725 g/mol. The highest BCUT2D eigenvalue weighted by Gasteiger charge is 2.36. The molecule has 14 heteroatoms. The second-order valence-corrected chi connectivity index (χ2v) is 15.1. The minimum absolute atomic E-state index is 0.0209. The molecule has 0 aliphatic heterocycles. The van der Waals surface area contributed by atoms with Gasteiger partial charge in [-0.1, -0.05) is 18.6 Å². The molecule has 3 amide bonds. The molecule has 262 valence electrons. The number of pyridine rings is 1. The smallest absolute Gasteiger partial charge is 0.425 e. The van der Waals surface area contributed by atoms with E-state index in [1.807, 2.05) is 19.1 Å². The normalized spacial score (nSPS) is 13.0. The number of nitrogens with one attached hydrogen (secondary N) is 1. The number of aliphatic carboxylic acids is 1. The fraction of sp³-hybridized carbons (Fsp3) is 0.636. The van der Waals surface area contributed by atoms with Crippen molar-refractivity contribution >= 4 is 63.0 Å². The number of rotatable bonds is 12. The number of halogens is 1. The molecule has 0 fully saturated rings. The van der Waals surface area contributed by atoms with Gasteiger partial charge in [-0.25, -0.2) is 19.4 Å². The number of fused-ring (bicyclic) bond motifs is 1. The molecule has 2 rings (SSSR count). The summed E-state index contributed by atoms with van der Waals surface area (Å²) >= 11 is 3.53. The third-order valence-electron chi connectivity index (χ3n) is 6.19. The maximum atomic E-state index is 13.5. The summed E-state index contributed by atoms with van der Waals surface area (Å²) in [6, 6.07) is -0.269. The third-order valence-corrected chi connectivity index (χ3v) is 6.75. The molecule has 0 saturated heterocycles. The topological polar surface area (TPSA) is 162 Å². The molecular formula is C33H50BrN5O8. The molecule has 0 aliphatic carbocycles. The van der Waals surface area contributed by atoms with Crippen molar-refractivity contribution in [3.63, 3.8) is 0 Å². The fourth-order valence-corrected chi connectivity index (χ4v) is 4.88. The van der Waals surface area contributed by atoms with Crippen molar-refractivity contribution in [1.29, 1.82) is 0 Å². The highest BCUT2D eigenvalue weighted by molar-refractivity contribution is 9.10. The number of imide groups is 1. The first-order chi connectivity index (χ1) is 21.6. The fourth-order valence-electron chi connectivity index (χ4n) is 4.32. The number of aromatic nitrogens is 3. The van der Waals surface area contributed by atoms with E-state index in [0.717, 1.165) is 17.7 Å². The van der Waals surface area contributed by atoms with Crippen molar-refractivity contribution in [3.05, 3.63) is 22.4 Å². The third kappa shape index (κ3) is 13.5. The maximum absolute atomic E-state index is 13.5. The predicted octanol–water partition coefficient (Wildman–Crippen LogP) is 8.22. The number of amides is 3. The minimum atomic E-state index is -0.958. The minimum Gasteiger partial charge on any atom is -0.481 e. The SMILES string of the molecule is C[C@H](CCn1nc(Br)c2c(N(C(=O)OC(C)(C)C)C(=O)OC(C)(C)C)ncc(/C=C/CCCCCC(=O)O)c21)NC(=O)OC(C)(C)C. The molecule has 0 bridgehead atoms. The predicted molar refractivity (Wildman–Crippen MR) is 183 cm³/mol. The van der Waals surface area contributed by atoms with E-state index < -0.39 is 41.1 Å². The number of carbonyl (C=O) groups is 4. The summed E-state index contributed by atoms with van der Waals surface area (Å²) in [6.07, 6.45) is 6.46. The summed E-state index contributed by atoms with van der Waals surface area (Å²) in [5, 5.41) is 16.8. The van der Waals surface area contributed by atoms with Gasteiger partial charge in [0.15, 0.2) is 5.82 Å². The van der Waals surface area contributed by atoms with E-state index in [9.17, 15) is 19.2 Å². The quantitative estimate of drug-likeness (QED) is 0.161. The van der Waals surface area contributed by atoms with E-state index in [4.69, 9.17) is 19.3 Å². The van der Waals surface area contributed by atoms with Gasteiger partial charge in [-0.2, -0.15) is 10.00 Å². The number of carbonyl (C=O) groups excluding carboxylic acids is 3. The molecule has 2 aromatic rings. The zero-order valence-electron chi connectivity index (χ0n) is 29.2. The Morgan fingerprint density at radius 1 is 0.957 bits per heavy atom. The summed E-state index contributed by atoms with van der Waals surface area (Å²) in [5.74, 6) is -0.831. The molecule has 2 heterocycles.